The van der Waals surface area contributed by atoms with Gasteiger partial charge in [-0.15, -0.1) is 4.36 Å². The van der Waals surface area contributed by atoms with Gasteiger partial charge in [0.05, 0.1) is 29.4 Å². The molecule has 2 aliphatic carbocycles. The molecule has 172 valence electrons. The zero-order valence-corrected chi connectivity index (χ0v) is 18.5. The van der Waals surface area contributed by atoms with Gasteiger partial charge in [-0.3, -0.25) is 0 Å². The van der Waals surface area contributed by atoms with E-state index in [9.17, 15) is 17.8 Å². The summed E-state index contributed by atoms with van der Waals surface area (Å²) < 4.78 is 51.2. The Bertz CT molecular complexity index is 1160. The minimum Gasteiger partial charge on any atom is -0.475 e. The second kappa shape index (κ2) is 8.43. The number of likely N-dealkylation sites (N-methyl/N-ethyl adjacent to an activating group) is 1. The topological polar surface area (TPSA) is 97.6 Å². The highest BCUT2D eigenvalue weighted by atomic mass is 32.2. The van der Waals surface area contributed by atoms with Crippen LogP contribution in [-0.4, -0.2) is 46.1 Å². The van der Waals surface area contributed by atoms with Crippen molar-refractivity contribution in [3.8, 4) is 5.88 Å². The van der Waals surface area contributed by atoms with Crippen LogP contribution in [0.5, 0.6) is 5.88 Å². The lowest BCUT2D eigenvalue weighted by molar-refractivity contribution is 0.114. The minimum atomic E-state index is -2.50. The van der Waals surface area contributed by atoms with E-state index in [1.54, 1.807) is 4.68 Å². The van der Waals surface area contributed by atoms with E-state index in [4.69, 9.17) is 4.74 Å². The number of hydrogen-bond acceptors (Lipinski definition) is 5. The number of ether oxygens (including phenoxy) is 1. The smallest absolute Gasteiger partial charge is 0.353 e. The van der Waals surface area contributed by atoms with E-state index in [2.05, 4.69) is 20.1 Å². The average molecular weight is 466 g/mol. The first-order valence-corrected chi connectivity index (χ1v) is 12.0. The number of carbonyl (C=O) groups is 1. The molecule has 1 aromatic carbocycles. The Balaban J connectivity index is 1.44. The number of thiol groups is 1. The molecule has 2 heterocycles. The Morgan fingerprint density at radius 1 is 1.34 bits per heavy atom. The number of urea groups is 1. The van der Waals surface area contributed by atoms with Crippen LogP contribution in [0.1, 0.15) is 41.0 Å². The third-order valence-corrected chi connectivity index (χ3v) is 7.62. The maximum Gasteiger partial charge on any atom is 0.353 e. The minimum absolute atomic E-state index is 0.0819. The van der Waals surface area contributed by atoms with Crippen molar-refractivity contribution in [2.24, 2.45) is 4.36 Å². The molecule has 32 heavy (non-hydrogen) atoms. The van der Waals surface area contributed by atoms with Crippen LogP contribution in [0.4, 0.5) is 19.3 Å². The van der Waals surface area contributed by atoms with Crippen LogP contribution in [0.3, 0.4) is 0 Å². The van der Waals surface area contributed by atoms with Crippen LogP contribution in [0.15, 0.2) is 21.5 Å². The lowest BCUT2D eigenvalue weighted by atomic mass is 9.94. The summed E-state index contributed by atoms with van der Waals surface area (Å²) in [5.74, 6) is -0.565. The van der Waals surface area contributed by atoms with Crippen molar-refractivity contribution in [1.29, 1.82) is 0 Å². The van der Waals surface area contributed by atoms with Crippen molar-refractivity contribution in [3.63, 3.8) is 0 Å². The van der Waals surface area contributed by atoms with Crippen molar-refractivity contribution in [1.82, 2.24) is 15.1 Å². The fraction of sp³-hybridized carbons (Fsp3) is 0.524. The molecule has 2 aromatic rings. The van der Waals surface area contributed by atoms with Crippen LogP contribution >= 0.6 is 0 Å². The zero-order chi connectivity index (χ0) is 22.4. The highest BCUT2D eigenvalue weighted by molar-refractivity contribution is 7.75. The summed E-state index contributed by atoms with van der Waals surface area (Å²) in [6, 6.07) is 1.29. The summed E-state index contributed by atoms with van der Waals surface area (Å²) in [5.41, 5.74) is 3.83. The molecule has 0 bridgehead atoms. The Kier molecular flexibility index (Phi) is 5.62. The molecule has 1 aliphatic heterocycles. The lowest BCUT2D eigenvalue weighted by Crippen LogP contribution is -2.39. The van der Waals surface area contributed by atoms with Gasteiger partial charge >= 0.3 is 6.03 Å². The van der Waals surface area contributed by atoms with E-state index in [1.165, 1.54) is 6.20 Å². The number of nitrogens with zero attached hydrogens (tertiary/aromatic N) is 3. The largest absolute Gasteiger partial charge is 0.475 e. The van der Waals surface area contributed by atoms with E-state index in [0.29, 0.717) is 43.1 Å². The van der Waals surface area contributed by atoms with Crippen molar-refractivity contribution >= 4 is 22.3 Å². The molecular weight excluding hydrogens is 440 g/mol. The van der Waals surface area contributed by atoms with Gasteiger partial charge in [0.15, 0.2) is 0 Å². The number of alkyl halides is 2. The Hall–Kier alpha value is -2.53. The number of halogens is 2. The lowest BCUT2D eigenvalue weighted by Gasteiger charge is -2.23. The van der Waals surface area contributed by atoms with Crippen molar-refractivity contribution in [2.75, 3.05) is 19.0 Å². The monoisotopic (exact) mass is 465 g/mol. The van der Waals surface area contributed by atoms with Crippen LogP contribution in [-0.2, 0) is 36.4 Å². The average Bonchev–Trinajstić information content (AvgIpc) is 3.50. The molecule has 11 heteroatoms. The van der Waals surface area contributed by atoms with Gasteiger partial charge in [0.25, 0.3) is 0 Å². The Labute approximate surface area is 185 Å². The molecule has 1 unspecified atom stereocenters. The number of rotatable bonds is 4. The second-order valence-corrected chi connectivity index (χ2v) is 9.64. The van der Waals surface area contributed by atoms with E-state index in [-0.39, 0.29) is 10.9 Å². The number of anilines is 1. The van der Waals surface area contributed by atoms with Gasteiger partial charge in [-0.2, -0.15) is 5.10 Å². The normalized spacial score (nSPS) is 22.4. The third-order valence-electron chi connectivity index (χ3n) is 6.54. The standard InChI is InChI=1S/C21H25F2N5O3S/c1-24-13-9-28-20(31-10-13)16(8-25-28)32(30)27-21(29)26-18-14-4-2-3-11(14)7-12-5-6-15(17(12)18)19(22)23/h7-8,13,15,19,24,32H,2-6,9-10H2,1H3,(H,26,29)/t13-,15-/m0/s1. The zero-order valence-electron chi connectivity index (χ0n) is 17.6. The molecular formula is C21H25F2N5O3S. The molecule has 2 N–H and O–H groups in total. The third kappa shape index (κ3) is 3.66. The predicted octanol–water partition coefficient (Wildman–Crippen LogP) is 2.90. The molecule has 5 rings (SSSR count). The molecule has 0 radical (unpaired) electrons. The fourth-order valence-corrected chi connectivity index (χ4v) is 5.78. The highest BCUT2D eigenvalue weighted by Gasteiger charge is 2.35. The van der Waals surface area contributed by atoms with Crippen LogP contribution in [0, 0.1) is 0 Å². The number of amides is 2. The molecule has 0 spiro atoms. The fourth-order valence-electron chi connectivity index (χ4n) is 4.96. The van der Waals surface area contributed by atoms with Gasteiger partial charge in [0.1, 0.15) is 11.5 Å². The number of nitrogens with one attached hydrogen (secondary N) is 2. The van der Waals surface area contributed by atoms with Crippen molar-refractivity contribution < 1.29 is 22.5 Å². The predicted molar refractivity (Wildman–Crippen MR) is 115 cm³/mol. The van der Waals surface area contributed by atoms with E-state index in [0.717, 1.165) is 36.0 Å². The molecule has 3 atom stereocenters. The van der Waals surface area contributed by atoms with Gasteiger partial charge in [-0.05, 0) is 61.4 Å². The van der Waals surface area contributed by atoms with Crippen LogP contribution in [0.2, 0.25) is 0 Å². The first-order chi connectivity index (χ1) is 15.5. The first-order valence-electron chi connectivity index (χ1n) is 10.8. The van der Waals surface area contributed by atoms with Gasteiger partial charge in [0.2, 0.25) is 12.3 Å². The van der Waals surface area contributed by atoms with E-state index >= 15 is 0 Å². The SMILES string of the molecule is CN[C@@H]1COc2c([SH](=O)=NC(=O)Nc3c4c(cc5c3[C@@H](C(F)F)CC5)CCC4)cnn2C1. The molecule has 2 amide bonds. The van der Waals surface area contributed by atoms with Gasteiger partial charge in [0, 0.05) is 11.6 Å². The highest BCUT2D eigenvalue weighted by Crippen LogP contribution is 2.46. The molecule has 0 saturated heterocycles. The van der Waals surface area contributed by atoms with Crippen LogP contribution in [0.25, 0.3) is 0 Å². The molecule has 3 aliphatic rings. The first kappa shape index (κ1) is 21.3. The quantitative estimate of drug-likeness (QED) is 0.604. The second-order valence-electron chi connectivity index (χ2n) is 8.41. The number of aryl methyl sites for hydroxylation is 2. The van der Waals surface area contributed by atoms with Gasteiger partial charge in [-0.1, -0.05) is 6.07 Å². The van der Waals surface area contributed by atoms with Gasteiger partial charge in [-0.25, -0.2) is 22.5 Å². The summed E-state index contributed by atoms with van der Waals surface area (Å²) in [7, 11) is -0.638. The summed E-state index contributed by atoms with van der Waals surface area (Å²) in [4.78, 5) is 13.0. The number of benzene rings is 1. The van der Waals surface area contributed by atoms with Gasteiger partial charge < -0.3 is 15.4 Å². The molecule has 1 aromatic heterocycles. The van der Waals surface area contributed by atoms with Crippen molar-refractivity contribution in [2.45, 2.75) is 61.9 Å². The Morgan fingerprint density at radius 3 is 2.97 bits per heavy atom. The maximum absolute atomic E-state index is 13.7. The summed E-state index contributed by atoms with van der Waals surface area (Å²) in [5, 5.41) is 10.00. The maximum atomic E-state index is 13.7. The number of hydrogen-bond donors (Lipinski definition) is 3. The van der Waals surface area contributed by atoms with Crippen molar-refractivity contribution in [3.05, 3.63) is 34.5 Å². The summed E-state index contributed by atoms with van der Waals surface area (Å²) >= 11 is 0. The number of aromatic nitrogens is 2. The van der Waals surface area contributed by atoms with E-state index < -0.39 is 29.0 Å². The molecule has 0 fully saturated rings. The number of fused-ring (bicyclic) bond motifs is 3. The molecule has 8 nitrogen and oxygen atoms in total. The number of carbonyl (C=O) groups excluding carboxylic acids is 1. The Morgan fingerprint density at radius 2 is 2.19 bits per heavy atom. The summed E-state index contributed by atoms with van der Waals surface area (Å²) in [6.07, 6.45) is 2.32. The van der Waals surface area contributed by atoms with Crippen LogP contribution < -0.4 is 15.4 Å². The molecule has 0 saturated carbocycles. The summed E-state index contributed by atoms with van der Waals surface area (Å²) in [6.45, 7) is 0.945. The van der Waals surface area contributed by atoms with E-state index in [1.807, 2.05) is 13.1 Å².